The Labute approximate surface area is 98.2 Å². The number of hydrogen-bond acceptors (Lipinski definition) is 2. The number of amides is 1. The van der Waals surface area contributed by atoms with E-state index < -0.39 is 6.04 Å². The first-order valence-electron chi connectivity index (χ1n) is 4.87. The minimum atomic E-state index is -0.447. The molecule has 1 atom stereocenters. The highest BCUT2D eigenvalue weighted by Gasteiger charge is 2.12. The van der Waals surface area contributed by atoms with Crippen LogP contribution in [0.5, 0.6) is 0 Å². The molecule has 1 aromatic rings. The van der Waals surface area contributed by atoms with Crippen LogP contribution in [-0.2, 0) is 4.79 Å². The second-order valence-electron chi connectivity index (χ2n) is 3.49. The van der Waals surface area contributed by atoms with Crippen LogP contribution in [0, 0.1) is 6.92 Å². The monoisotopic (exact) mass is 270 g/mol. The third-order valence-corrected chi connectivity index (χ3v) is 2.85. The molecule has 0 bridgehead atoms. The summed E-state index contributed by atoms with van der Waals surface area (Å²) >= 11 is 3.37. The van der Waals surface area contributed by atoms with E-state index >= 15 is 0 Å². The van der Waals surface area contributed by atoms with Crippen molar-refractivity contribution >= 4 is 27.5 Å². The molecule has 0 spiro atoms. The van der Waals surface area contributed by atoms with Gasteiger partial charge in [-0.15, -0.1) is 0 Å². The van der Waals surface area contributed by atoms with Gasteiger partial charge in [-0.25, -0.2) is 0 Å². The first kappa shape index (κ1) is 12.2. The zero-order valence-electron chi connectivity index (χ0n) is 8.88. The van der Waals surface area contributed by atoms with Crippen LogP contribution in [0.2, 0.25) is 0 Å². The second kappa shape index (κ2) is 5.28. The number of anilines is 1. The maximum Gasteiger partial charge on any atom is 0.241 e. The van der Waals surface area contributed by atoms with Crippen LogP contribution >= 0.6 is 15.9 Å². The second-order valence-corrected chi connectivity index (χ2v) is 4.34. The van der Waals surface area contributed by atoms with Crippen LogP contribution < -0.4 is 11.1 Å². The van der Waals surface area contributed by atoms with Crippen LogP contribution in [0.1, 0.15) is 18.9 Å². The van der Waals surface area contributed by atoms with Gasteiger partial charge in [0, 0.05) is 4.47 Å². The van der Waals surface area contributed by atoms with Gasteiger partial charge in [-0.05, 0) is 47.0 Å². The topological polar surface area (TPSA) is 55.1 Å². The van der Waals surface area contributed by atoms with Crippen molar-refractivity contribution in [2.24, 2.45) is 5.73 Å². The first-order chi connectivity index (χ1) is 7.04. The Morgan fingerprint density at radius 2 is 2.27 bits per heavy atom. The molecule has 1 unspecified atom stereocenters. The van der Waals surface area contributed by atoms with Gasteiger partial charge in [-0.3, -0.25) is 4.79 Å². The van der Waals surface area contributed by atoms with Crippen LogP contribution in [0.15, 0.2) is 22.7 Å². The number of nitrogens with two attached hydrogens (primary N) is 1. The van der Waals surface area contributed by atoms with E-state index in [1.807, 2.05) is 32.0 Å². The van der Waals surface area contributed by atoms with Gasteiger partial charge in [0.25, 0.3) is 0 Å². The smallest absolute Gasteiger partial charge is 0.241 e. The van der Waals surface area contributed by atoms with E-state index in [-0.39, 0.29) is 5.91 Å². The summed E-state index contributed by atoms with van der Waals surface area (Å²) in [4.78, 5) is 11.6. The minimum Gasteiger partial charge on any atom is -0.324 e. The summed E-state index contributed by atoms with van der Waals surface area (Å²) in [5, 5.41) is 2.79. The van der Waals surface area contributed by atoms with E-state index in [4.69, 9.17) is 5.73 Å². The van der Waals surface area contributed by atoms with Gasteiger partial charge < -0.3 is 11.1 Å². The zero-order chi connectivity index (χ0) is 11.4. The van der Waals surface area contributed by atoms with Crippen molar-refractivity contribution in [1.82, 2.24) is 0 Å². The molecule has 0 fully saturated rings. The molecule has 0 heterocycles. The predicted molar refractivity (Wildman–Crippen MR) is 65.8 cm³/mol. The van der Waals surface area contributed by atoms with Gasteiger partial charge in [0.15, 0.2) is 0 Å². The Morgan fingerprint density at radius 1 is 1.60 bits per heavy atom. The number of rotatable bonds is 3. The third kappa shape index (κ3) is 3.32. The summed E-state index contributed by atoms with van der Waals surface area (Å²) in [6, 6.07) is 5.34. The molecule has 1 aromatic carbocycles. The highest BCUT2D eigenvalue weighted by molar-refractivity contribution is 9.10. The fraction of sp³-hybridized carbons (Fsp3) is 0.364. The molecule has 0 aliphatic rings. The lowest BCUT2D eigenvalue weighted by Gasteiger charge is -2.11. The predicted octanol–water partition coefficient (Wildman–Crippen LogP) is 2.43. The maximum atomic E-state index is 11.6. The van der Waals surface area contributed by atoms with Crippen molar-refractivity contribution in [1.29, 1.82) is 0 Å². The first-order valence-corrected chi connectivity index (χ1v) is 5.66. The molecule has 3 nitrogen and oxygen atoms in total. The van der Waals surface area contributed by atoms with E-state index in [1.165, 1.54) is 0 Å². The number of benzene rings is 1. The minimum absolute atomic E-state index is 0.149. The Bertz CT molecular complexity index is 366. The summed E-state index contributed by atoms with van der Waals surface area (Å²) in [6.45, 7) is 3.86. The van der Waals surface area contributed by atoms with Crippen molar-refractivity contribution in [3.8, 4) is 0 Å². The lowest BCUT2D eigenvalue weighted by molar-refractivity contribution is -0.117. The highest BCUT2D eigenvalue weighted by atomic mass is 79.9. The molecule has 3 N–H and O–H groups in total. The number of carbonyl (C=O) groups excluding carboxylic acids is 1. The van der Waals surface area contributed by atoms with E-state index in [9.17, 15) is 4.79 Å². The lowest BCUT2D eigenvalue weighted by Crippen LogP contribution is -2.34. The average Bonchev–Trinajstić information content (AvgIpc) is 2.22. The fourth-order valence-corrected chi connectivity index (χ4v) is 1.49. The summed E-state index contributed by atoms with van der Waals surface area (Å²) in [5.41, 5.74) is 7.49. The van der Waals surface area contributed by atoms with Gasteiger partial charge in [-0.2, -0.15) is 0 Å². The molecule has 0 saturated heterocycles. The van der Waals surface area contributed by atoms with E-state index in [0.717, 1.165) is 15.7 Å². The summed E-state index contributed by atoms with van der Waals surface area (Å²) < 4.78 is 0.866. The molecule has 1 amide bonds. The van der Waals surface area contributed by atoms with Crippen LogP contribution in [0.4, 0.5) is 5.69 Å². The number of halogens is 1. The number of aryl methyl sites for hydroxylation is 1. The average molecular weight is 271 g/mol. The molecule has 0 aromatic heterocycles. The Balaban J connectivity index is 2.80. The molecule has 15 heavy (non-hydrogen) atoms. The molecule has 1 rings (SSSR count). The van der Waals surface area contributed by atoms with Crippen molar-refractivity contribution in [3.63, 3.8) is 0 Å². The molecular formula is C11H15BrN2O. The van der Waals surface area contributed by atoms with Crippen LogP contribution in [-0.4, -0.2) is 11.9 Å². The van der Waals surface area contributed by atoms with Gasteiger partial charge in [0.1, 0.15) is 0 Å². The highest BCUT2D eigenvalue weighted by Crippen LogP contribution is 2.23. The van der Waals surface area contributed by atoms with Crippen LogP contribution in [0.3, 0.4) is 0 Å². The Hall–Kier alpha value is -0.870. The molecular weight excluding hydrogens is 256 g/mol. The lowest BCUT2D eigenvalue weighted by atomic mass is 10.2. The molecule has 0 radical (unpaired) electrons. The Morgan fingerprint density at radius 3 is 2.87 bits per heavy atom. The number of nitrogens with one attached hydrogen (secondary N) is 1. The summed E-state index contributed by atoms with van der Waals surface area (Å²) in [6.07, 6.45) is 0.634. The van der Waals surface area contributed by atoms with E-state index in [1.54, 1.807) is 0 Å². The number of hydrogen-bond donors (Lipinski definition) is 2. The molecule has 4 heteroatoms. The summed E-state index contributed by atoms with van der Waals surface area (Å²) in [5.74, 6) is -0.149. The fourth-order valence-electron chi connectivity index (χ4n) is 1.15. The maximum absolute atomic E-state index is 11.6. The van der Waals surface area contributed by atoms with E-state index in [0.29, 0.717) is 6.42 Å². The van der Waals surface area contributed by atoms with Gasteiger partial charge in [0.2, 0.25) is 5.91 Å². The molecule has 0 aliphatic carbocycles. The molecule has 0 aliphatic heterocycles. The van der Waals surface area contributed by atoms with Crippen molar-refractivity contribution < 1.29 is 4.79 Å². The summed E-state index contributed by atoms with van der Waals surface area (Å²) in [7, 11) is 0. The van der Waals surface area contributed by atoms with Crippen molar-refractivity contribution in [2.45, 2.75) is 26.3 Å². The van der Waals surface area contributed by atoms with Crippen molar-refractivity contribution in [2.75, 3.05) is 5.32 Å². The quantitative estimate of drug-likeness (QED) is 0.887. The standard InChI is InChI=1S/C11H15BrN2O/c1-3-9(13)11(15)14-10-6-7(2)4-5-8(10)12/h4-6,9H,3,13H2,1-2H3,(H,14,15). The van der Waals surface area contributed by atoms with Gasteiger partial charge in [0.05, 0.1) is 11.7 Å². The van der Waals surface area contributed by atoms with Crippen LogP contribution in [0.25, 0.3) is 0 Å². The largest absolute Gasteiger partial charge is 0.324 e. The normalized spacial score (nSPS) is 12.3. The molecule has 0 saturated carbocycles. The van der Waals surface area contributed by atoms with Gasteiger partial charge >= 0.3 is 0 Å². The zero-order valence-corrected chi connectivity index (χ0v) is 10.5. The Kier molecular flexibility index (Phi) is 4.29. The van der Waals surface area contributed by atoms with E-state index in [2.05, 4.69) is 21.2 Å². The van der Waals surface area contributed by atoms with Crippen molar-refractivity contribution in [3.05, 3.63) is 28.2 Å². The van der Waals surface area contributed by atoms with Gasteiger partial charge in [-0.1, -0.05) is 13.0 Å². The number of carbonyl (C=O) groups is 1. The molecule has 82 valence electrons. The third-order valence-electron chi connectivity index (χ3n) is 2.16. The SMILES string of the molecule is CCC(N)C(=O)Nc1cc(C)ccc1Br.